The van der Waals surface area contributed by atoms with Gasteiger partial charge in [0.05, 0.1) is 0 Å². The highest BCUT2D eigenvalue weighted by Gasteiger charge is 2.19. The van der Waals surface area contributed by atoms with Gasteiger partial charge in [0.2, 0.25) is 0 Å². The molecular weight excluding hydrogens is 170 g/mol. The third-order valence-corrected chi connectivity index (χ3v) is 3.56. The van der Waals surface area contributed by atoms with Crippen molar-refractivity contribution in [2.24, 2.45) is 0 Å². The molecule has 0 radical (unpaired) electrons. The van der Waals surface area contributed by atoms with E-state index in [0.717, 1.165) is 12.1 Å². The van der Waals surface area contributed by atoms with Crippen LogP contribution in [-0.2, 0) is 0 Å². The Bertz CT molecular complexity index is 142. The highest BCUT2D eigenvalue weighted by molar-refractivity contribution is 4.75. The first-order valence-electron chi connectivity index (χ1n) is 6.51. The third kappa shape index (κ3) is 3.61. The Hall–Kier alpha value is -0.0400. The average molecular weight is 197 g/mol. The molecule has 0 N–H and O–H groups in total. The van der Waals surface area contributed by atoms with E-state index in [0.29, 0.717) is 0 Å². The highest BCUT2D eigenvalue weighted by Crippen LogP contribution is 2.20. The summed E-state index contributed by atoms with van der Waals surface area (Å²) in [5.41, 5.74) is 0. The summed E-state index contributed by atoms with van der Waals surface area (Å²) in [6, 6.07) is 1.59. The van der Waals surface area contributed by atoms with Crippen molar-refractivity contribution in [1.82, 2.24) is 4.90 Å². The molecule has 1 saturated heterocycles. The molecule has 0 spiro atoms. The van der Waals surface area contributed by atoms with Crippen LogP contribution >= 0.6 is 0 Å². The third-order valence-electron chi connectivity index (χ3n) is 3.56. The van der Waals surface area contributed by atoms with Gasteiger partial charge < -0.3 is 0 Å². The minimum atomic E-state index is 0.734. The molecular formula is C13H27N. The summed E-state index contributed by atoms with van der Waals surface area (Å²) in [4.78, 5) is 2.73. The van der Waals surface area contributed by atoms with E-state index < -0.39 is 0 Å². The van der Waals surface area contributed by atoms with Crippen LogP contribution in [0.2, 0.25) is 0 Å². The summed E-state index contributed by atoms with van der Waals surface area (Å²) in [7, 11) is 0. The first-order valence-corrected chi connectivity index (χ1v) is 6.51. The molecule has 1 nitrogen and oxygen atoms in total. The second kappa shape index (κ2) is 6.44. The van der Waals surface area contributed by atoms with Crippen LogP contribution in [0.3, 0.4) is 0 Å². The van der Waals surface area contributed by atoms with Crippen LogP contribution in [0.5, 0.6) is 0 Å². The topological polar surface area (TPSA) is 3.24 Å². The van der Waals surface area contributed by atoms with Gasteiger partial charge in [-0.05, 0) is 39.7 Å². The van der Waals surface area contributed by atoms with E-state index in [-0.39, 0.29) is 0 Å². The predicted octanol–water partition coefficient (Wildman–Crippen LogP) is 3.83. The first kappa shape index (κ1) is 12.0. The zero-order chi connectivity index (χ0) is 10.4. The zero-order valence-corrected chi connectivity index (χ0v) is 10.3. The van der Waals surface area contributed by atoms with Crippen LogP contribution in [-0.4, -0.2) is 23.5 Å². The van der Waals surface area contributed by atoms with Gasteiger partial charge in [0.15, 0.2) is 0 Å². The van der Waals surface area contributed by atoms with Gasteiger partial charge in [-0.15, -0.1) is 0 Å². The molecule has 0 bridgehead atoms. The van der Waals surface area contributed by atoms with Crippen molar-refractivity contribution in [2.45, 2.75) is 77.8 Å². The second-order valence-electron chi connectivity index (χ2n) is 4.95. The Morgan fingerprint density at radius 2 is 1.71 bits per heavy atom. The van der Waals surface area contributed by atoms with Crippen molar-refractivity contribution in [3.05, 3.63) is 0 Å². The smallest absolute Gasteiger partial charge is 0.00953 e. The molecule has 1 fully saturated rings. The maximum atomic E-state index is 2.73. The maximum Gasteiger partial charge on any atom is 0.00953 e. The molecule has 0 aromatic rings. The summed E-state index contributed by atoms with van der Waals surface area (Å²) < 4.78 is 0. The van der Waals surface area contributed by atoms with Gasteiger partial charge >= 0.3 is 0 Å². The Kier molecular flexibility index (Phi) is 5.54. The van der Waals surface area contributed by atoms with Crippen LogP contribution in [0.15, 0.2) is 0 Å². The molecule has 1 heteroatoms. The Morgan fingerprint density at radius 1 is 1.07 bits per heavy atom. The van der Waals surface area contributed by atoms with Gasteiger partial charge in [0.1, 0.15) is 0 Å². The molecule has 1 atom stereocenters. The molecule has 1 rings (SSSR count). The second-order valence-corrected chi connectivity index (χ2v) is 4.95. The van der Waals surface area contributed by atoms with E-state index in [1.54, 1.807) is 0 Å². The van der Waals surface area contributed by atoms with Crippen molar-refractivity contribution in [1.29, 1.82) is 0 Å². The van der Waals surface area contributed by atoms with Crippen LogP contribution < -0.4 is 0 Å². The van der Waals surface area contributed by atoms with Gasteiger partial charge in [-0.2, -0.15) is 0 Å². The summed E-state index contributed by atoms with van der Waals surface area (Å²) in [6.07, 6.45) is 9.98. The maximum absolute atomic E-state index is 2.73. The van der Waals surface area contributed by atoms with Crippen molar-refractivity contribution in [2.75, 3.05) is 6.54 Å². The fourth-order valence-corrected chi connectivity index (χ4v) is 2.67. The summed E-state index contributed by atoms with van der Waals surface area (Å²) in [6.45, 7) is 8.37. The number of hydrogen-bond donors (Lipinski definition) is 0. The minimum Gasteiger partial charge on any atom is -0.298 e. The summed E-state index contributed by atoms with van der Waals surface area (Å²) in [5, 5.41) is 0. The van der Waals surface area contributed by atoms with E-state index >= 15 is 0 Å². The Morgan fingerprint density at radius 3 is 2.36 bits per heavy atom. The summed E-state index contributed by atoms with van der Waals surface area (Å²) >= 11 is 0. The Labute approximate surface area is 89.9 Å². The molecule has 1 unspecified atom stereocenters. The summed E-state index contributed by atoms with van der Waals surface area (Å²) in [5.74, 6) is 0. The lowest BCUT2D eigenvalue weighted by molar-refractivity contribution is 0.140. The number of hydrogen-bond acceptors (Lipinski definition) is 1. The van der Waals surface area contributed by atoms with Crippen LogP contribution in [0.4, 0.5) is 0 Å². The molecule has 0 amide bonds. The van der Waals surface area contributed by atoms with E-state index in [2.05, 4.69) is 25.7 Å². The molecule has 0 aromatic heterocycles. The standard InChI is InChI=1S/C13H27N/c1-4-13-10-8-6-5-7-9-11-14(13)12(2)3/h12-13H,4-11H2,1-3H3. The Balaban J connectivity index is 2.53. The lowest BCUT2D eigenvalue weighted by Gasteiger charge is -2.34. The van der Waals surface area contributed by atoms with E-state index in [1.165, 1.54) is 51.5 Å². The van der Waals surface area contributed by atoms with Crippen molar-refractivity contribution in [3.63, 3.8) is 0 Å². The van der Waals surface area contributed by atoms with Crippen molar-refractivity contribution >= 4 is 0 Å². The predicted molar refractivity (Wildman–Crippen MR) is 63.6 cm³/mol. The highest BCUT2D eigenvalue weighted by atomic mass is 15.2. The largest absolute Gasteiger partial charge is 0.298 e. The molecule has 1 aliphatic rings. The van der Waals surface area contributed by atoms with Crippen LogP contribution in [0.25, 0.3) is 0 Å². The monoisotopic (exact) mass is 197 g/mol. The average Bonchev–Trinajstić information content (AvgIpc) is 2.27. The zero-order valence-electron chi connectivity index (χ0n) is 10.3. The molecule has 84 valence electrons. The van der Waals surface area contributed by atoms with Gasteiger partial charge in [-0.25, -0.2) is 0 Å². The number of nitrogens with zero attached hydrogens (tertiary/aromatic N) is 1. The number of rotatable bonds is 2. The molecule has 14 heavy (non-hydrogen) atoms. The molecule has 0 saturated carbocycles. The SMILES string of the molecule is CCC1CCCCCCCN1C(C)C. The van der Waals surface area contributed by atoms with Crippen molar-refractivity contribution < 1.29 is 0 Å². The van der Waals surface area contributed by atoms with Crippen molar-refractivity contribution in [3.8, 4) is 0 Å². The van der Waals surface area contributed by atoms with Gasteiger partial charge in [0, 0.05) is 12.1 Å². The lowest BCUT2D eigenvalue weighted by atomic mass is 10.0. The molecule has 0 aliphatic carbocycles. The van der Waals surface area contributed by atoms with E-state index in [1.807, 2.05) is 0 Å². The molecule has 0 aromatic carbocycles. The minimum absolute atomic E-state index is 0.734. The molecule has 1 aliphatic heterocycles. The quantitative estimate of drug-likeness (QED) is 0.650. The normalized spacial score (nSPS) is 27.0. The fourth-order valence-electron chi connectivity index (χ4n) is 2.67. The lowest BCUT2D eigenvalue weighted by Crippen LogP contribution is -2.40. The first-order chi connectivity index (χ1) is 6.75. The van der Waals surface area contributed by atoms with E-state index in [4.69, 9.17) is 0 Å². The van der Waals surface area contributed by atoms with Crippen LogP contribution in [0.1, 0.15) is 65.7 Å². The van der Waals surface area contributed by atoms with Gasteiger partial charge in [-0.3, -0.25) is 4.90 Å². The molecule has 1 heterocycles. The van der Waals surface area contributed by atoms with Crippen LogP contribution in [0, 0.1) is 0 Å². The van der Waals surface area contributed by atoms with Gasteiger partial charge in [0.25, 0.3) is 0 Å². The van der Waals surface area contributed by atoms with E-state index in [9.17, 15) is 0 Å². The fraction of sp³-hybridized carbons (Fsp3) is 1.00. The van der Waals surface area contributed by atoms with Gasteiger partial charge in [-0.1, -0.05) is 32.6 Å².